The van der Waals surface area contributed by atoms with Crippen LogP contribution in [0.2, 0.25) is 0 Å². The van der Waals surface area contributed by atoms with Crippen LogP contribution in [0.15, 0.2) is 75.6 Å². The molecular formula is C31H30N2O3. The number of oxazole rings is 1. The number of aromatic nitrogens is 1. The Labute approximate surface area is 209 Å². The highest BCUT2D eigenvalue weighted by atomic mass is 16.4. The number of rotatable bonds is 8. The van der Waals surface area contributed by atoms with Crippen LogP contribution in [0, 0.1) is 0 Å². The number of fused-ring (bicyclic) bond motifs is 8. The van der Waals surface area contributed by atoms with E-state index in [1.54, 1.807) is 12.1 Å². The molecule has 0 spiro atoms. The Bertz CT molecular complexity index is 1690. The summed E-state index contributed by atoms with van der Waals surface area (Å²) >= 11 is 0. The van der Waals surface area contributed by atoms with Crippen molar-refractivity contribution in [2.45, 2.75) is 39.5 Å². The number of unbranched alkanes of at least 4 members (excludes halogenated alkanes) is 2. The highest BCUT2D eigenvalue weighted by Crippen LogP contribution is 2.43. The quantitative estimate of drug-likeness (QED) is 0.237. The van der Waals surface area contributed by atoms with Gasteiger partial charge in [0.05, 0.1) is 5.56 Å². The van der Waals surface area contributed by atoms with E-state index < -0.39 is 0 Å². The van der Waals surface area contributed by atoms with Gasteiger partial charge in [0, 0.05) is 41.0 Å². The van der Waals surface area contributed by atoms with Crippen molar-refractivity contribution in [1.82, 2.24) is 4.98 Å². The summed E-state index contributed by atoms with van der Waals surface area (Å²) in [7, 11) is 0. The summed E-state index contributed by atoms with van der Waals surface area (Å²) in [6.45, 7) is 6.55. The fourth-order valence-corrected chi connectivity index (χ4v) is 5.11. The number of aromatic hydroxyl groups is 1. The largest absolute Gasteiger partial charge is 0.507 e. The summed E-state index contributed by atoms with van der Waals surface area (Å²) in [4.78, 5) is 7.28. The number of benzene rings is 4. The number of nitrogens with zero attached hydrogens (tertiary/aromatic N) is 2. The Morgan fingerprint density at radius 3 is 2.25 bits per heavy atom. The predicted octanol–water partition coefficient (Wildman–Crippen LogP) is 8.66. The van der Waals surface area contributed by atoms with Gasteiger partial charge in [-0.1, -0.05) is 63.1 Å². The second kappa shape index (κ2) is 9.23. The van der Waals surface area contributed by atoms with Crippen LogP contribution in [0.1, 0.15) is 39.5 Å². The molecule has 0 amide bonds. The summed E-state index contributed by atoms with van der Waals surface area (Å²) in [5.41, 5.74) is 4.64. The molecule has 4 aromatic carbocycles. The molecule has 6 rings (SSSR count). The van der Waals surface area contributed by atoms with Gasteiger partial charge in [-0.3, -0.25) is 0 Å². The summed E-state index contributed by atoms with van der Waals surface area (Å²) in [5.74, 6) is 0.519. The number of phenolic OH excluding ortho intramolecular Hbond substituents is 1. The monoisotopic (exact) mass is 478 g/mol. The van der Waals surface area contributed by atoms with Gasteiger partial charge in [0.1, 0.15) is 16.8 Å². The van der Waals surface area contributed by atoms with Crippen molar-refractivity contribution in [3.8, 4) is 17.2 Å². The van der Waals surface area contributed by atoms with Crippen molar-refractivity contribution in [3.63, 3.8) is 0 Å². The second-order valence-electron chi connectivity index (χ2n) is 9.44. The molecule has 0 saturated heterocycles. The second-order valence-corrected chi connectivity index (χ2v) is 9.44. The lowest BCUT2D eigenvalue weighted by Gasteiger charge is -2.24. The molecule has 2 heterocycles. The lowest BCUT2D eigenvalue weighted by atomic mass is 10.0. The fraction of sp³-hybridized carbons (Fsp3) is 0.258. The van der Waals surface area contributed by atoms with E-state index >= 15 is 0 Å². The third-order valence-corrected chi connectivity index (χ3v) is 7.02. The topological polar surface area (TPSA) is 62.6 Å². The van der Waals surface area contributed by atoms with Gasteiger partial charge in [-0.05, 0) is 42.5 Å². The van der Waals surface area contributed by atoms with E-state index in [2.05, 4.69) is 49.1 Å². The van der Waals surface area contributed by atoms with Crippen LogP contribution in [0.5, 0.6) is 5.75 Å². The minimum absolute atomic E-state index is 0.137. The van der Waals surface area contributed by atoms with Crippen LogP contribution in [-0.2, 0) is 0 Å². The van der Waals surface area contributed by atoms with Crippen LogP contribution in [-0.4, -0.2) is 23.2 Å². The zero-order chi connectivity index (χ0) is 24.6. The normalized spacial score (nSPS) is 11.8. The van der Waals surface area contributed by atoms with Crippen molar-refractivity contribution < 1.29 is 13.9 Å². The van der Waals surface area contributed by atoms with E-state index in [1.165, 1.54) is 31.4 Å². The Kier molecular flexibility index (Phi) is 5.76. The fourth-order valence-electron chi connectivity index (χ4n) is 5.11. The number of hydrogen-bond donors (Lipinski definition) is 1. The third kappa shape index (κ3) is 3.67. The van der Waals surface area contributed by atoms with Crippen molar-refractivity contribution in [3.05, 3.63) is 66.7 Å². The van der Waals surface area contributed by atoms with Crippen molar-refractivity contribution in [2.75, 3.05) is 18.0 Å². The first-order valence-electron chi connectivity index (χ1n) is 12.9. The van der Waals surface area contributed by atoms with Gasteiger partial charge in [-0.15, -0.1) is 0 Å². The van der Waals surface area contributed by atoms with Gasteiger partial charge < -0.3 is 18.8 Å². The molecule has 6 aromatic rings. The molecule has 0 aliphatic carbocycles. The SMILES string of the molecule is CCCCN(CCCC)c1ccc2c(c1)oc1c3oc(-c4ccccc4O)nc3c3ccccc3c21. The number of hydrogen-bond acceptors (Lipinski definition) is 5. The predicted molar refractivity (Wildman–Crippen MR) is 148 cm³/mol. The number of furan rings is 1. The van der Waals surface area contributed by atoms with Crippen LogP contribution in [0.25, 0.3) is 55.3 Å². The van der Waals surface area contributed by atoms with Crippen LogP contribution >= 0.6 is 0 Å². The Morgan fingerprint density at radius 2 is 1.50 bits per heavy atom. The molecule has 0 atom stereocenters. The van der Waals surface area contributed by atoms with E-state index in [1.807, 2.05) is 24.3 Å². The number of phenols is 1. The molecular weight excluding hydrogens is 448 g/mol. The van der Waals surface area contributed by atoms with Gasteiger partial charge >= 0.3 is 0 Å². The number of para-hydroxylation sites is 1. The lowest BCUT2D eigenvalue weighted by molar-refractivity contribution is 0.474. The van der Waals surface area contributed by atoms with E-state index in [0.717, 1.165) is 45.7 Å². The first-order chi connectivity index (χ1) is 17.7. The smallest absolute Gasteiger partial charge is 0.231 e. The summed E-state index contributed by atoms with van der Waals surface area (Å²) in [5, 5.41) is 14.6. The zero-order valence-electron chi connectivity index (χ0n) is 20.8. The molecule has 5 heteroatoms. The van der Waals surface area contributed by atoms with Gasteiger partial charge in [-0.25, -0.2) is 4.98 Å². The van der Waals surface area contributed by atoms with Crippen LogP contribution in [0.3, 0.4) is 0 Å². The first-order valence-corrected chi connectivity index (χ1v) is 12.9. The molecule has 5 nitrogen and oxygen atoms in total. The van der Waals surface area contributed by atoms with Gasteiger partial charge in [-0.2, -0.15) is 0 Å². The molecule has 0 saturated carbocycles. The molecule has 0 fully saturated rings. The standard InChI is InChI=1S/C31H30N2O3/c1-3-5-17-33(18-6-4-2)20-15-16-24-26(19-20)35-29-27(24)21-11-7-8-12-22(21)28-30(29)36-31(32-28)23-13-9-10-14-25(23)34/h7-16,19,34H,3-6,17-18H2,1-2H3. The highest BCUT2D eigenvalue weighted by Gasteiger charge is 2.22. The number of anilines is 1. The Morgan fingerprint density at radius 1 is 0.778 bits per heavy atom. The lowest BCUT2D eigenvalue weighted by Crippen LogP contribution is -2.25. The Hall–Kier alpha value is -3.99. The molecule has 1 N–H and O–H groups in total. The molecule has 182 valence electrons. The molecule has 0 aliphatic heterocycles. The third-order valence-electron chi connectivity index (χ3n) is 7.02. The summed E-state index contributed by atoms with van der Waals surface area (Å²) in [6.07, 6.45) is 4.68. The summed E-state index contributed by atoms with van der Waals surface area (Å²) in [6, 6.07) is 21.9. The first kappa shape index (κ1) is 22.5. The maximum atomic E-state index is 10.4. The molecule has 0 bridgehead atoms. The minimum Gasteiger partial charge on any atom is -0.507 e. The van der Waals surface area contributed by atoms with Crippen molar-refractivity contribution >= 4 is 49.5 Å². The van der Waals surface area contributed by atoms with Gasteiger partial charge in [0.25, 0.3) is 0 Å². The average Bonchev–Trinajstić information content (AvgIpc) is 3.51. The van der Waals surface area contributed by atoms with Crippen molar-refractivity contribution in [2.24, 2.45) is 0 Å². The molecule has 2 aromatic heterocycles. The van der Waals surface area contributed by atoms with E-state index in [9.17, 15) is 5.11 Å². The minimum atomic E-state index is 0.137. The maximum Gasteiger partial charge on any atom is 0.231 e. The maximum absolute atomic E-state index is 10.4. The van der Waals surface area contributed by atoms with Crippen molar-refractivity contribution in [1.29, 1.82) is 0 Å². The van der Waals surface area contributed by atoms with Crippen LogP contribution in [0.4, 0.5) is 5.69 Å². The highest BCUT2D eigenvalue weighted by molar-refractivity contribution is 6.28. The van der Waals surface area contributed by atoms with E-state index in [-0.39, 0.29) is 5.75 Å². The van der Waals surface area contributed by atoms with Crippen LogP contribution < -0.4 is 4.90 Å². The molecule has 0 radical (unpaired) electrons. The summed E-state index contributed by atoms with van der Waals surface area (Å²) < 4.78 is 12.8. The van der Waals surface area contributed by atoms with E-state index in [4.69, 9.17) is 13.8 Å². The average molecular weight is 479 g/mol. The van der Waals surface area contributed by atoms with Gasteiger partial charge in [0.15, 0.2) is 11.2 Å². The Balaban J connectivity index is 1.59. The molecule has 36 heavy (non-hydrogen) atoms. The van der Waals surface area contributed by atoms with E-state index in [0.29, 0.717) is 22.6 Å². The van der Waals surface area contributed by atoms with Gasteiger partial charge in [0.2, 0.25) is 5.89 Å². The zero-order valence-corrected chi connectivity index (χ0v) is 20.8. The molecule has 0 unspecified atom stereocenters. The molecule has 0 aliphatic rings.